The molecule has 0 aromatic heterocycles. The summed E-state index contributed by atoms with van der Waals surface area (Å²) in [5.41, 5.74) is 0.295. The van der Waals surface area contributed by atoms with Crippen LogP contribution in [0.4, 0.5) is 0 Å². The molecule has 0 bridgehead atoms. The van der Waals surface area contributed by atoms with E-state index in [0.29, 0.717) is 5.41 Å². The Morgan fingerprint density at radius 1 is 0.957 bits per heavy atom. The third-order valence-electron chi connectivity index (χ3n) is 4.12. The van der Waals surface area contributed by atoms with Gasteiger partial charge in [-0.05, 0) is 64.7 Å². The van der Waals surface area contributed by atoms with Crippen LogP contribution in [0.15, 0.2) is 0 Å². The molecule has 1 aliphatic heterocycles. The summed E-state index contributed by atoms with van der Waals surface area (Å²) in [6.07, 6.45) is 2.22. The highest BCUT2D eigenvalue weighted by molar-refractivity contribution is 6.87. The second-order valence-electron chi connectivity index (χ2n) is 8.98. The summed E-state index contributed by atoms with van der Waals surface area (Å²) in [4.78, 5) is 0. The summed E-state index contributed by atoms with van der Waals surface area (Å²) in [6, 6.07) is 1.13. The zero-order chi connectivity index (χ0) is 17.8. The number of hydrogen-bond acceptors (Lipinski definition) is 4. The van der Waals surface area contributed by atoms with E-state index in [9.17, 15) is 0 Å². The summed E-state index contributed by atoms with van der Waals surface area (Å²) in [6.45, 7) is 21.3. The summed E-state index contributed by atoms with van der Waals surface area (Å²) in [5, 5.41) is 0. The molecule has 0 N–H and O–H groups in total. The van der Waals surface area contributed by atoms with Gasteiger partial charge in [0.05, 0.1) is 19.8 Å². The molecule has 1 fully saturated rings. The summed E-state index contributed by atoms with van der Waals surface area (Å²) in [5.74, 6) is 0. The first-order chi connectivity index (χ1) is 10.4. The summed E-state index contributed by atoms with van der Waals surface area (Å²) >= 11 is 0. The van der Waals surface area contributed by atoms with Crippen LogP contribution in [0, 0.1) is 5.41 Å². The maximum atomic E-state index is 6.52. The fourth-order valence-electron chi connectivity index (χ4n) is 3.14. The van der Waals surface area contributed by atoms with E-state index in [1.807, 2.05) is 0 Å². The van der Waals surface area contributed by atoms with Gasteiger partial charge >= 0.3 is 8.56 Å². The van der Waals surface area contributed by atoms with Crippen LogP contribution in [0.1, 0.15) is 19.8 Å². The normalized spacial score (nSPS) is 18.8. The molecule has 0 radical (unpaired) electrons. The molecule has 23 heavy (non-hydrogen) atoms. The van der Waals surface area contributed by atoms with Crippen LogP contribution in [-0.2, 0) is 17.7 Å². The fraction of sp³-hybridized carbons (Fsp3) is 1.00. The second kappa shape index (κ2) is 8.25. The van der Waals surface area contributed by atoms with Crippen molar-refractivity contribution in [2.45, 2.75) is 71.6 Å². The Labute approximate surface area is 146 Å². The summed E-state index contributed by atoms with van der Waals surface area (Å²) < 4.78 is 24.1. The van der Waals surface area contributed by atoms with Crippen molar-refractivity contribution < 1.29 is 17.7 Å². The maximum absolute atomic E-state index is 6.52. The van der Waals surface area contributed by atoms with Crippen molar-refractivity contribution in [3.63, 3.8) is 0 Å². The van der Waals surface area contributed by atoms with Gasteiger partial charge in [0.15, 0.2) is 16.6 Å². The van der Waals surface area contributed by atoms with Gasteiger partial charge in [0, 0.05) is 12.0 Å². The summed E-state index contributed by atoms with van der Waals surface area (Å²) in [7, 11) is -5.23. The highest BCUT2D eigenvalue weighted by atomic mass is 28.5. The minimum Gasteiger partial charge on any atom is -0.437 e. The lowest BCUT2D eigenvalue weighted by Gasteiger charge is -2.40. The van der Waals surface area contributed by atoms with Crippen molar-refractivity contribution in [1.29, 1.82) is 0 Å². The number of ether oxygens (including phenoxy) is 2. The van der Waals surface area contributed by atoms with Crippen molar-refractivity contribution in [2.75, 3.05) is 26.4 Å². The number of hydrogen-bond donors (Lipinski definition) is 0. The fourth-order valence-corrected chi connectivity index (χ4v) is 16.3. The van der Waals surface area contributed by atoms with Crippen molar-refractivity contribution in [3.05, 3.63) is 0 Å². The third-order valence-corrected chi connectivity index (χ3v) is 14.3. The van der Waals surface area contributed by atoms with Crippen LogP contribution in [0.2, 0.25) is 51.9 Å². The van der Waals surface area contributed by atoms with E-state index in [-0.39, 0.29) is 0 Å². The lowest BCUT2D eigenvalue weighted by Crippen LogP contribution is -2.51. The Morgan fingerprint density at radius 3 is 2.00 bits per heavy atom. The average Bonchev–Trinajstić information content (AvgIpc) is 2.26. The third kappa shape index (κ3) is 8.42. The molecule has 1 rings (SSSR count). The van der Waals surface area contributed by atoms with Gasteiger partial charge in [-0.2, -0.15) is 0 Å². The molecular formula is C16H38O4Si3. The molecule has 0 unspecified atom stereocenters. The predicted molar refractivity (Wildman–Crippen MR) is 104 cm³/mol. The molecule has 0 atom stereocenters. The Morgan fingerprint density at radius 2 is 1.57 bits per heavy atom. The van der Waals surface area contributed by atoms with Crippen LogP contribution >= 0.6 is 0 Å². The van der Waals surface area contributed by atoms with Gasteiger partial charge in [-0.1, -0.05) is 6.92 Å². The zero-order valence-corrected chi connectivity index (χ0v) is 19.6. The van der Waals surface area contributed by atoms with E-state index in [0.717, 1.165) is 45.3 Å². The van der Waals surface area contributed by atoms with E-state index in [1.54, 1.807) is 0 Å². The van der Waals surface area contributed by atoms with Gasteiger partial charge in [-0.25, -0.2) is 0 Å². The largest absolute Gasteiger partial charge is 0.437 e. The molecule has 7 heteroatoms. The maximum Gasteiger partial charge on any atom is 0.311 e. The molecule has 0 saturated carbocycles. The van der Waals surface area contributed by atoms with Crippen LogP contribution in [0.5, 0.6) is 0 Å². The SMILES string of the molecule is CCC1(COCCC[Si](C)(C)O[Si](C)(C)O[Si](C)(C)C)COC1. The highest BCUT2D eigenvalue weighted by Gasteiger charge is 2.38. The van der Waals surface area contributed by atoms with Crippen LogP contribution < -0.4 is 0 Å². The van der Waals surface area contributed by atoms with Gasteiger partial charge in [0.25, 0.3) is 0 Å². The first-order valence-electron chi connectivity index (χ1n) is 8.95. The van der Waals surface area contributed by atoms with Gasteiger partial charge in [0.2, 0.25) is 0 Å². The Hall–Kier alpha value is 0.491. The predicted octanol–water partition coefficient (Wildman–Crippen LogP) is 4.59. The lowest BCUT2D eigenvalue weighted by molar-refractivity contribution is -0.150. The number of rotatable bonds is 11. The Bertz CT molecular complexity index is 357. The molecule has 1 heterocycles. The topological polar surface area (TPSA) is 36.9 Å². The van der Waals surface area contributed by atoms with Crippen molar-refractivity contribution >= 4 is 25.2 Å². The van der Waals surface area contributed by atoms with E-state index >= 15 is 0 Å². The molecule has 0 aliphatic carbocycles. The van der Waals surface area contributed by atoms with Crippen LogP contribution in [0.25, 0.3) is 0 Å². The van der Waals surface area contributed by atoms with Crippen molar-refractivity contribution in [2.24, 2.45) is 5.41 Å². The quantitative estimate of drug-likeness (QED) is 0.389. The smallest absolute Gasteiger partial charge is 0.311 e. The Balaban J connectivity index is 2.26. The second-order valence-corrected chi connectivity index (χ2v) is 21.7. The molecule has 0 aromatic carbocycles. The molecule has 0 spiro atoms. The molecule has 4 nitrogen and oxygen atoms in total. The van der Waals surface area contributed by atoms with Crippen molar-refractivity contribution in [3.8, 4) is 0 Å². The molecule has 0 amide bonds. The highest BCUT2D eigenvalue weighted by Crippen LogP contribution is 2.31. The molecule has 1 saturated heterocycles. The first kappa shape index (κ1) is 21.5. The van der Waals surface area contributed by atoms with Crippen LogP contribution in [-0.4, -0.2) is 51.6 Å². The van der Waals surface area contributed by atoms with Crippen LogP contribution in [0.3, 0.4) is 0 Å². The average molecular weight is 379 g/mol. The molecule has 138 valence electrons. The van der Waals surface area contributed by atoms with E-state index < -0.39 is 25.2 Å². The minimum atomic E-state index is -2.01. The van der Waals surface area contributed by atoms with Gasteiger partial charge < -0.3 is 17.7 Å². The monoisotopic (exact) mass is 378 g/mol. The van der Waals surface area contributed by atoms with E-state index in [1.165, 1.54) is 0 Å². The lowest BCUT2D eigenvalue weighted by atomic mass is 9.84. The minimum absolute atomic E-state index is 0.295. The standard InChI is InChI=1S/C16H38O4Si3/c1-9-16(14-18-15-16)13-17-11-10-12-22(5,6)20-23(7,8)19-21(2,3)4/h9-15H2,1-8H3. The Kier molecular flexibility index (Phi) is 7.72. The van der Waals surface area contributed by atoms with E-state index in [2.05, 4.69) is 52.8 Å². The van der Waals surface area contributed by atoms with Gasteiger partial charge in [0.1, 0.15) is 0 Å². The van der Waals surface area contributed by atoms with E-state index in [4.69, 9.17) is 17.7 Å². The van der Waals surface area contributed by atoms with Gasteiger partial charge in [-0.15, -0.1) is 0 Å². The van der Waals surface area contributed by atoms with Gasteiger partial charge in [-0.3, -0.25) is 0 Å². The molecular weight excluding hydrogens is 340 g/mol. The molecule has 0 aromatic rings. The zero-order valence-electron chi connectivity index (χ0n) is 16.6. The first-order valence-corrected chi connectivity index (χ1v) is 18.3. The van der Waals surface area contributed by atoms with Crippen molar-refractivity contribution in [1.82, 2.24) is 0 Å². The molecule has 1 aliphatic rings.